The third kappa shape index (κ3) is 4.30. The van der Waals surface area contributed by atoms with E-state index >= 15 is 0 Å². The monoisotopic (exact) mass is 517 g/mol. The average Bonchev–Trinajstić information content (AvgIpc) is 2.88. The van der Waals surface area contributed by atoms with Crippen molar-refractivity contribution in [2.75, 3.05) is 14.2 Å². The first kappa shape index (κ1) is 23.2. The van der Waals surface area contributed by atoms with Gasteiger partial charge in [0.15, 0.2) is 0 Å². The number of carbonyl (C=O) groups is 2. The molecule has 1 aromatic heterocycles. The summed E-state index contributed by atoms with van der Waals surface area (Å²) in [5.41, 5.74) is 1.95. The predicted molar refractivity (Wildman–Crippen MR) is 135 cm³/mol. The maximum absolute atomic E-state index is 13.6. The highest BCUT2D eigenvalue weighted by atomic mass is 79.9. The summed E-state index contributed by atoms with van der Waals surface area (Å²) in [6.07, 6.45) is 1.34. The van der Waals surface area contributed by atoms with Crippen LogP contribution in [0.4, 0.5) is 0 Å². The first-order chi connectivity index (χ1) is 16.5. The minimum atomic E-state index is -0.773. The van der Waals surface area contributed by atoms with E-state index in [1.807, 2.05) is 48.5 Å². The average molecular weight is 518 g/mol. The van der Waals surface area contributed by atoms with Crippen molar-refractivity contribution in [1.29, 1.82) is 0 Å². The second-order valence-electron chi connectivity index (χ2n) is 7.33. The number of aromatic nitrogens is 1. The molecule has 4 rings (SSSR count). The zero-order chi connectivity index (χ0) is 24.2. The highest BCUT2D eigenvalue weighted by molar-refractivity contribution is 9.10. The quantitative estimate of drug-likeness (QED) is 0.266. The fourth-order valence-corrected chi connectivity index (χ4v) is 4.19. The van der Waals surface area contributed by atoms with E-state index in [-0.39, 0.29) is 5.56 Å². The van der Waals surface area contributed by atoms with Crippen LogP contribution in [0.15, 0.2) is 94.2 Å². The molecular formula is C27H20BrNO5. The van der Waals surface area contributed by atoms with Gasteiger partial charge in [-0.15, -0.1) is 0 Å². The van der Waals surface area contributed by atoms with Crippen molar-refractivity contribution in [2.24, 2.45) is 0 Å². The molecule has 6 nitrogen and oxygen atoms in total. The molecule has 1 heterocycles. The topological polar surface area (TPSA) is 74.6 Å². The zero-order valence-corrected chi connectivity index (χ0v) is 20.0. The van der Waals surface area contributed by atoms with Gasteiger partial charge < -0.3 is 14.0 Å². The van der Waals surface area contributed by atoms with Gasteiger partial charge in [0.25, 0.3) is 0 Å². The van der Waals surface area contributed by atoms with Gasteiger partial charge in [-0.25, -0.2) is 9.59 Å². The molecule has 0 aliphatic rings. The van der Waals surface area contributed by atoms with Gasteiger partial charge in [-0.3, -0.25) is 4.79 Å². The number of benzene rings is 3. The molecule has 3 aromatic carbocycles. The Hall–Kier alpha value is -3.97. The van der Waals surface area contributed by atoms with Crippen LogP contribution in [-0.4, -0.2) is 30.7 Å². The number of esters is 2. The number of fused-ring (bicyclic) bond motifs is 1. The normalized spacial score (nSPS) is 11.3. The SMILES string of the molecule is COC(=O)/C=C(/c1ccccc1)n1c(-c2ccccc2)c(C(=O)OC)c(=O)c2cc(Br)ccc21. The van der Waals surface area contributed by atoms with Crippen LogP contribution in [0.3, 0.4) is 0 Å². The number of hydrogen-bond donors (Lipinski definition) is 0. The minimum Gasteiger partial charge on any atom is -0.466 e. The van der Waals surface area contributed by atoms with Crippen LogP contribution in [-0.2, 0) is 14.3 Å². The van der Waals surface area contributed by atoms with Crippen molar-refractivity contribution in [3.63, 3.8) is 0 Å². The second-order valence-corrected chi connectivity index (χ2v) is 8.24. The van der Waals surface area contributed by atoms with E-state index in [1.165, 1.54) is 20.3 Å². The fourth-order valence-electron chi connectivity index (χ4n) is 3.83. The molecule has 0 aliphatic carbocycles. The van der Waals surface area contributed by atoms with Gasteiger partial charge in [0.2, 0.25) is 5.43 Å². The smallest absolute Gasteiger partial charge is 0.344 e. The summed E-state index contributed by atoms with van der Waals surface area (Å²) in [6.45, 7) is 0. The number of nitrogens with zero attached hydrogens (tertiary/aromatic N) is 1. The van der Waals surface area contributed by atoms with E-state index in [0.29, 0.717) is 37.9 Å². The maximum atomic E-state index is 13.6. The largest absolute Gasteiger partial charge is 0.466 e. The summed E-state index contributed by atoms with van der Waals surface area (Å²) in [6, 6.07) is 23.5. The van der Waals surface area contributed by atoms with Gasteiger partial charge in [-0.2, -0.15) is 0 Å². The Labute approximate surface area is 204 Å². The summed E-state index contributed by atoms with van der Waals surface area (Å²) < 4.78 is 12.4. The summed E-state index contributed by atoms with van der Waals surface area (Å²) in [4.78, 5) is 39.1. The molecule has 0 saturated carbocycles. The van der Waals surface area contributed by atoms with Gasteiger partial charge >= 0.3 is 11.9 Å². The van der Waals surface area contributed by atoms with Gasteiger partial charge in [0.05, 0.1) is 31.1 Å². The van der Waals surface area contributed by atoms with E-state index < -0.39 is 17.4 Å². The molecule has 34 heavy (non-hydrogen) atoms. The standard InChI is InChI=1S/C27H20BrNO5/c1-33-23(30)16-22(17-9-5-3-6-10-17)29-21-14-13-19(28)15-20(21)26(31)24(27(32)34-2)25(29)18-11-7-4-8-12-18/h3-16H,1-2H3/b22-16-. The number of hydrogen-bond acceptors (Lipinski definition) is 5. The van der Waals surface area contributed by atoms with Gasteiger partial charge in [-0.1, -0.05) is 76.6 Å². The van der Waals surface area contributed by atoms with Crippen LogP contribution < -0.4 is 5.43 Å². The third-order valence-corrected chi connectivity index (χ3v) is 5.83. The highest BCUT2D eigenvalue weighted by Crippen LogP contribution is 2.33. The van der Waals surface area contributed by atoms with Crippen LogP contribution in [0.5, 0.6) is 0 Å². The highest BCUT2D eigenvalue weighted by Gasteiger charge is 2.26. The number of ether oxygens (including phenoxy) is 2. The molecule has 0 saturated heterocycles. The molecular weight excluding hydrogens is 498 g/mol. The first-order valence-corrected chi connectivity index (χ1v) is 11.1. The Morgan fingerprint density at radius 1 is 0.882 bits per heavy atom. The third-order valence-electron chi connectivity index (χ3n) is 5.33. The lowest BCUT2D eigenvalue weighted by molar-refractivity contribution is -0.134. The molecule has 170 valence electrons. The van der Waals surface area contributed by atoms with E-state index in [2.05, 4.69) is 15.9 Å². The molecule has 7 heteroatoms. The van der Waals surface area contributed by atoms with Crippen LogP contribution in [0.25, 0.3) is 27.9 Å². The molecule has 0 aliphatic heterocycles. The molecule has 0 radical (unpaired) electrons. The van der Waals surface area contributed by atoms with E-state index in [4.69, 9.17) is 9.47 Å². The molecule has 0 fully saturated rings. The molecule has 0 unspecified atom stereocenters. The van der Waals surface area contributed by atoms with Crippen molar-refractivity contribution in [3.8, 4) is 11.3 Å². The van der Waals surface area contributed by atoms with Gasteiger partial charge in [0, 0.05) is 15.9 Å². The Morgan fingerprint density at radius 2 is 1.53 bits per heavy atom. The molecule has 0 N–H and O–H groups in total. The zero-order valence-electron chi connectivity index (χ0n) is 18.4. The molecule has 4 aromatic rings. The van der Waals surface area contributed by atoms with Crippen LogP contribution >= 0.6 is 15.9 Å². The van der Waals surface area contributed by atoms with Gasteiger partial charge in [0.1, 0.15) is 5.56 Å². The Balaban J connectivity index is 2.29. The van der Waals surface area contributed by atoms with Crippen molar-refractivity contribution < 1.29 is 19.1 Å². The lowest BCUT2D eigenvalue weighted by Crippen LogP contribution is -2.23. The Kier molecular flexibility index (Phi) is 6.75. The number of carbonyl (C=O) groups excluding carboxylic acids is 2. The minimum absolute atomic E-state index is 0.133. The predicted octanol–water partition coefficient (Wildman–Crippen LogP) is 5.28. The van der Waals surface area contributed by atoms with Crippen molar-refractivity contribution in [3.05, 3.63) is 111 Å². The van der Waals surface area contributed by atoms with Crippen LogP contribution in [0.2, 0.25) is 0 Å². The number of pyridine rings is 1. The molecule has 0 amide bonds. The first-order valence-electron chi connectivity index (χ1n) is 10.3. The number of rotatable bonds is 5. The number of methoxy groups -OCH3 is 2. The lowest BCUT2D eigenvalue weighted by atomic mass is 9.99. The van der Waals surface area contributed by atoms with E-state index in [9.17, 15) is 14.4 Å². The summed E-state index contributed by atoms with van der Waals surface area (Å²) in [7, 11) is 2.52. The maximum Gasteiger partial charge on any atom is 0.344 e. The summed E-state index contributed by atoms with van der Waals surface area (Å²) >= 11 is 3.41. The second kappa shape index (κ2) is 9.89. The van der Waals surface area contributed by atoms with E-state index in [0.717, 1.165) is 0 Å². The van der Waals surface area contributed by atoms with Crippen molar-refractivity contribution in [1.82, 2.24) is 4.57 Å². The molecule has 0 bridgehead atoms. The van der Waals surface area contributed by atoms with Gasteiger partial charge in [-0.05, 0) is 29.3 Å². The summed E-state index contributed by atoms with van der Waals surface area (Å²) in [5, 5.41) is 0.293. The van der Waals surface area contributed by atoms with Crippen LogP contribution in [0, 0.1) is 0 Å². The number of halogens is 1. The fraction of sp³-hybridized carbons (Fsp3) is 0.0741. The Bertz CT molecular complexity index is 1470. The van der Waals surface area contributed by atoms with Crippen LogP contribution in [0.1, 0.15) is 15.9 Å². The van der Waals surface area contributed by atoms with E-state index in [1.54, 1.807) is 34.9 Å². The van der Waals surface area contributed by atoms with Crippen molar-refractivity contribution >= 4 is 44.5 Å². The summed E-state index contributed by atoms with van der Waals surface area (Å²) in [5.74, 6) is -1.36. The molecule has 0 spiro atoms. The Morgan fingerprint density at radius 3 is 2.15 bits per heavy atom. The molecule has 0 atom stereocenters. The lowest BCUT2D eigenvalue weighted by Gasteiger charge is -2.23. The van der Waals surface area contributed by atoms with Crippen molar-refractivity contribution in [2.45, 2.75) is 0 Å².